The normalized spacial score (nSPS) is 15.5. The van der Waals surface area contributed by atoms with Gasteiger partial charge in [-0.3, -0.25) is 14.5 Å². The Kier molecular flexibility index (Phi) is 5.85. The molecule has 1 saturated heterocycles. The molecular weight excluding hydrogens is 426 g/mol. The Morgan fingerprint density at radius 1 is 1.10 bits per heavy atom. The van der Waals surface area contributed by atoms with Crippen LogP contribution in [0.4, 0.5) is 4.79 Å². The number of furan rings is 1. The quantitative estimate of drug-likeness (QED) is 0.416. The highest BCUT2D eigenvalue weighted by Gasteiger charge is 2.35. The molecule has 2 heterocycles. The number of thioether (sulfide) groups is 1. The van der Waals surface area contributed by atoms with Crippen LogP contribution in [0.1, 0.15) is 16.9 Å². The van der Waals surface area contributed by atoms with Gasteiger partial charge in [0.2, 0.25) is 0 Å². The molecule has 146 valence electrons. The summed E-state index contributed by atoms with van der Waals surface area (Å²) in [6.45, 7) is 2.24. The van der Waals surface area contributed by atoms with Crippen LogP contribution in [0.15, 0.2) is 80.0 Å². The second-order valence-electron chi connectivity index (χ2n) is 6.47. The third kappa shape index (κ3) is 4.78. The van der Waals surface area contributed by atoms with Gasteiger partial charge in [-0.25, -0.2) is 0 Å². The molecule has 0 radical (unpaired) electrons. The predicted octanol–water partition coefficient (Wildman–Crippen LogP) is 6.63. The van der Waals surface area contributed by atoms with Gasteiger partial charge in [0.15, 0.2) is 5.09 Å². The summed E-state index contributed by atoms with van der Waals surface area (Å²) in [5, 5.41) is 1.10. The lowest BCUT2D eigenvalue weighted by Gasteiger charge is -2.12. The van der Waals surface area contributed by atoms with Gasteiger partial charge in [0, 0.05) is 16.0 Å². The van der Waals surface area contributed by atoms with Crippen molar-refractivity contribution >= 4 is 52.3 Å². The van der Waals surface area contributed by atoms with E-state index in [0.717, 1.165) is 27.8 Å². The number of aryl methyl sites for hydroxylation is 1. The summed E-state index contributed by atoms with van der Waals surface area (Å²) in [7, 11) is 0. The summed E-state index contributed by atoms with van der Waals surface area (Å²) < 4.78 is 5.79. The van der Waals surface area contributed by atoms with E-state index in [4.69, 9.17) is 16.0 Å². The fourth-order valence-corrected chi connectivity index (χ4v) is 4.57. The van der Waals surface area contributed by atoms with E-state index in [9.17, 15) is 9.59 Å². The summed E-state index contributed by atoms with van der Waals surface area (Å²) in [5.74, 6) is 0.229. The lowest BCUT2D eigenvalue weighted by Crippen LogP contribution is -2.27. The van der Waals surface area contributed by atoms with Crippen LogP contribution in [-0.4, -0.2) is 16.0 Å². The molecule has 7 heteroatoms. The van der Waals surface area contributed by atoms with Crippen LogP contribution in [0.5, 0.6) is 0 Å². The Balaban J connectivity index is 1.47. The number of rotatable bonds is 5. The molecule has 0 spiro atoms. The van der Waals surface area contributed by atoms with E-state index in [1.54, 1.807) is 12.1 Å². The van der Waals surface area contributed by atoms with Gasteiger partial charge in [-0.2, -0.15) is 0 Å². The third-order valence-electron chi connectivity index (χ3n) is 4.20. The van der Waals surface area contributed by atoms with Crippen molar-refractivity contribution in [3.63, 3.8) is 0 Å². The molecule has 0 unspecified atom stereocenters. The molecular formula is C22H16ClNO3S2. The first-order valence-corrected chi connectivity index (χ1v) is 10.8. The lowest BCUT2D eigenvalue weighted by molar-refractivity contribution is -0.123. The molecule has 0 saturated carbocycles. The molecule has 1 fully saturated rings. The second-order valence-corrected chi connectivity index (χ2v) is 8.98. The lowest BCUT2D eigenvalue weighted by atomic mass is 10.1. The van der Waals surface area contributed by atoms with Crippen molar-refractivity contribution in [1.82, 2.24) is 4.90 Å². The number of imide groups is 1. The smallest absolute Gasteiger partial charge is 0.293 e. The van der Waals surface area contributed by atoms with Crippen molar-refractivity contribution in [1.29, 1.82) is 0 Å². The van der Waals surface area contributed by atoms with Crippen molar-refractivity contribution in [3.05, 3.63) is 87.5 Å². The highest BCUT2D eigenvalue weighted by atomic mass is 35.5. The fraction of sp³-hybridized carbons (Fsp3) is 0.0909. The highest BCUT2D eigenvalue weighted by Crippen LogP contribution is 2.35. The number of amides is 2. The van der Waals surface area contributed by atoms with Gasteiger partial charge in [-0.05, 0) is 60.6 Å². The summed E-state index contributed by atoms with van der Waals surface area (Å²) >= 11 is 8.29. The van der Waals surface area contributed by atoms with Crippen LogP contribution in [0.3, 0.4) is 0 Å². The molecule has 1 aliphatic heterocycles. The maximum Gasteiger partial charge on any atom is 0.293 e. The van der Waals surface area contributed by atoms with Gasteiger partial charge in [-0.1, -0.05) is 53.2 Å². The Bertz CT molecular complexity index is 1110. The molecule has 29 heavy (non-hydrogen) atoms. The Labute approximate surface area is 181 Å². The number of benzene rings is 2. The van der Waals surface area contributed by atoms with Crippen LogP contribution in [0, 0.1) is 6.92 Å². The zero-order chi connectivity index (χ0) is 20.4. The summed E-state index contributed by atoms with van der Waals surface area (Å²) in [4.78, 5) is 27.6. The van der Waals surface area contributed by atoms with Gasteiger partial charge >= 0.3 is 0 Å². The molecule has 0 N–H and O–H groups in total. The monoisotopic (exact) mass is 441 g/mol. The van der Waals surface area contributed by atoms with Crippen LogP contribution in [-0.2, 0) is 11.3 Å². The largest absolute Gasteiger partial charge is 0.450 e. The van der Waals surface area contributed by atoms with Crippen molar-refractivity contribution < 1.29 is 14.0 Å². The van der Waals surface area contributed by atoms with Gasteiger partial charge in [0.05, 0.1) is 11.4 Å². The molecule has 1 aliphatic rings. The van der Waals surface area contributed by atoms with Gasteiger partial charge < -0.3 is 4.42 Å². The summed E-state index contributed by atoms with van der Waals surface area (Å²) in [5.41, 5.74) is 2.01. The molecule has 0 aliphatic carbocycles. The molecule has 0 bridgehead atoms. The first kappa shape index (κ1) is 19.9. The topological polar surface area (TPSA) is 50.5 Å². The van der Waals surface area contributed by atoms with E-state index >= 15 is 0 Å². The molecule has 4 nitrogen and oxygen atoms in total. The molecule has 0 atom stereocenters. The minimum Gasteiger partial charge on any atom is -0.450 e. The SMILES string of the molecule is Cc1cccc(CN2C(=O)S/C(=C\c3ccc(Sc4ccc(Cl)cc4)o3)C2=O)c1. The maximum atomic E-state index is 12.7. The molecule has 2 aromatic carbocycles. The summed E-state index contributed by atoms with van der Waals surface area (Å²) in [6, 6.07) is 18.9. The van der Waals surface area contributed by atoms with Crippen LogP contribution in [0.2, 0.25) is 5.02 Å². The van der Waals surface area contributed by atoms with E-state index in [-0.39, 0.29) is 17.7 Å². The number of hydrogen-bond donors (Lipinski definition) is 0. The van der Waals surface area contributed by atoms with E-state index < -0.39 is 0 Å². The van der Waals surface area contributed by atoms with E-state index in [1.807, 2.05) is 61.5 Å². The number of carbonyl (C=O) groups is 2. The van der Waals surface area contributed by atoms with Crippen LogP contribution >= 0.6 is 35.1 Å². The maximum absolute atomic E-state index is 12.7. The van der Waals surface area contributed by atoms with Crippen molar-refractivity contribution in [3.8, 4) is 0 Å². The van der Waals surface area contributed by atoms with Crippen LogP contribution in [0.25, 0.3) is 6.08 Å². The second kappa shape index (κ2) is 8.53. The van der Waals surface area contributed by atoms with Crippen molar-refractivity contribution in [2.75, 3.05) is 0 Å². The average molecular weight is 442 g/mol. The van der Waals surface area contributed by atoms with Gasteiger partial charge in [0.25, 0.3) is 11.1 Å². The molecule has 3 aromatic rings. The number of hydrogen-bond acceptors (Lipinski definition) is 5. The van der Waals surface area contributed by atoms with E-state index in [0.29, 0.717) is 20.8 Å². The molecule has 4 rings (SSSR count). The summed E-state index contributed by atoms with van der Waals surface area (Å²) in [6.07, 6.45) is 1.62. The zero-order valence-corrected chi connectivity index (χ0v) is 17.8. The number of carbonyl (C=O) groups excluding carboxylic acids is 2. The van der Waals surface area contributed by atoms with E-state index in [2.05, 4.69) is 0 Å². The Morgan fingerprint density at radius 2 is 1.90 bits per heavy atom. The molecule has 1 aromatic heterocycles. The first-order valence-electron chi connectivity index (χ1n) is 8.82. The van der Waals surface area contributed by atoms with Crippen molar-refractivity contribution in [2.24, 2.45) is 0 Å². The minimum absolute atomic E-state index is 0.263. The van der Waals surface area contributed by atoms with Gasteiger partial charge in [-0.15, -0.1) is 0 Å². The third-order valence-corrected chi connectivity index (χ3v) is 6.29. The standard InChI is InChI=1S/C22H16ClNO3S2/c1-14-3-2-4-15(11-14)13-24-21(25)19(29-22(24)26)12-17-7-10-20(27-17)28-18-8-5-16(23)6-9-18/h2-12H,13H2,1H3/b19-12-. The number of nitrogens with zero attached hydrogens (tertiary/aromatic N) is 1. The zero-order valence-electron chi connectivity index (χ0n) is 15.4. The van der Waals surface area contributed by atoms with E-state index in [1.165, 1.54) is 16.7 Å². The average Bonchev–Trinajstić information content (AvgIpc) is 3.23. The Morgan fingerprint density at radius 3 is 2.66 bits per heavy atom. The number of halogens is 1. The van der Waals surface area contributed by atoms with Crippen LogP contribution < -0.4 is 0 Å². The Hall–Kier alpha value is -2.41. The molecule has 2 amide bonds. The highest BCUT2D eigenvalue weighted by molar-refractivity contribution is 8.18. The van der Waals surface area contributed by atoms with Crippen molar-refractivity contribution in [2.45, 2.75) is 23.5 Å². The minimum atomic E-state index is -0.301. The fourth-order valence-electron chi connectivity index (χ4n) is 2.84. The first-order chi connectivity index (χ1) is 14.0. The van der Waals surface area contributed by atoms with Gasteiger partial charge in [0.1, 0.15) is 5.76 Å². The predicted molar refractivity (Wildman–Crippen MR) is 117 cm³/mol.